The number of likely N-dealkylation sites (tertiary alicyclic amines) is 1. The largest absolute Gasteiger partial charge is 0.339 e. The van der Waals surface area contributed by atoms with Crippen molar-refractivity contribution < 1.29 is 4.79 Å². The maximum absolute atomic E-state index is 12.9. The summed E-state index contributed by atoms with van der Waals surface area (Å²) in [6.07, 6.45) is 11.3. The molecule has 2 atom stereocenters. The third kappa shape index (κ3) is 3.11. The van der Waals surface area contributed by atoms with Gasteiger partial charge in [-0.3, -0.25) is 14.6 Å². The third-order valence-electron chi connectivity index (χ3n) is 6.55. The van der Waals surface area contributed by atoms with Gasteiger partial charge in [-0.1, -0.05) is 18.9 Å². The highest BCUT2D eigenvalue weighted by Gasteiger charge is 2.36. The van der Waals surface area contributed by atoms with Crippen molar-refractivity contribution >= 4 is 16.8 Å². The molecule has 1 saturated heterocycles. The van der Waals surface area contributed by atoms with Gasteiger partial charge >= 0.3 is 0 Å². The van der Waals surface area contributed by atoms with Gasteiger partial charge in [-0.2, -0.15) is 10.2 Å². The molecule has 1 N–H and O–H groups in total. The van der Waals surface area contributed by atoms with Gasteiger partial charge in [0.15, 0.2) is 0 Å². The molecule has 2 aromatic heterocycles. The molecular weight excluding hydrogens is 350 g/mol. The summed E-state index contributed by atoms with van der Waals surface area (Å²) in [6, 6.07) is 6.77. The number of carbonyl (C=O) groups is 1. The van der Waals surface area contributed by atoms with Crippen molar-refractivity contribution in [1.82, 2.24) is 24.9 Å². The number of benzene rings is 1. The Labute approximate surface area is 164 Å². The molecule has 28 heavy (non-hydrogen) atoms. The van der Waals surface area contributed by atoms with Crippen LogP contribution in [0, 0.1) is 11.8 Å². The van der Waals surface area contributed by atoms with Crippen LogP contribution in [-0.2, 0) is 11.3 Å². The molecule has 0 bridgehead atoms. The van der Waals surface area contributed by atoms with Crippen molar-refractivity contribution in [3.63, 3.8) is 0 Å². The molecule has 0 radical (unpaired) electrons. The fourth-order valence-electron chi connectivity index (χ4n) is 5.05. The Hall–Kier alpha value is -2.63. The van der Waals surface area contributed by atoms with Gasteiger partial charge in [0.25, 0.3) is 0 Å². The number of aromatic amines is 1. The van der Waals surface area contributed by atoms with Crippen LogP contribution < -0.4 is 0 Å². The quantitative estimate of drug-likeness (QED) is 0.751. The molecule has 3 aromatic rings. The van der Waals surface area contributed by atoms with Crippen molar-refractivity contribution in [3.8, 4) is 11.1 Å². The average molecular weight is 377 g/mol. The molecular formula is C22H27N5O. The average Bonchev–Trinajstić information content (AvgIpc) is 3.49. The summed E-state index contributed by atoms with van der Waals surface area (Å²) in [5, 5.41) is 12.7. The smallest absolute Gasteiger partial charge is 0.225 e. The zero-order chi connectivity index (χ0) is 19.1. The number of nitrogens with one attached hydrogen (secondary N) is 1. The van der Waals surface area contributed by atoms with E-state index in [0.717, 1.165) is 54.4 Å². The maximum atomic E-state index is 12.9. The lowest BCUT2D eigenvalue weighted by Crippen LogP contribution is -2.38. The van der Waals surface area contributed by atoms with Crippen LogP contribution in [0.1, 0.15) is 39.0 Å². The highest BCUT2D eigenvalue weighted by Crippen LogP contribution is 2.32. The summed E-state index contributed by atoms with van der Waals surface area (Å²) in [5.74, 6) is 1.13. The minimum absolute atomic E-state index is 0.271. The number of hydrogen-bond acceptors (Lipinski definition) is 3. The Kier molecular flexibility index (Phi) is 4.41. The first-order valence-electron chi connectivity index (χ1n) is 10.4. The van der Waals surface area contributed by atoms with Crippen LogP contribution in [-0.4, -0.2) is 43.4 Å². The van der Waals surface area contributed by atoms with Crippen molar-refractivity contribution in [2.45, 2.75) is 51.6 Å². The number of carbonyl (C=O) groups excluding carboxylic acids is 1. The van der Waals surface area contributed by atoms with Gasteiger partial charge in [-0.25, -0.2) is 0 Å². The van der Waals surface area contributed by atoms with Crippen molar-refractivity contribution in [2.24, 2.45) is 11.8 Å². The van der Waals surface area contributed by atoms with Crippen LogP contribution in [0.5, 0.6) is 0 Å². The van der Waals surface area contributed by atoms with Crippen LogP contribution >= 0.6 is 0 Å². The van der Waals surface area contributed by atoms with Gasteiger partial charge in [0.1, 0.15) is 0 Å². The Morgan fingerprint density at radius 2 is 2.07 bits per heavy atom. The molecule has 6 heteroatoms. The Morgan fingerprint density at radius 3 is 2.86 bits per heavy atom. The number of H-pyrrole nitrogens is 1. The summed E-state index contributed by atoms with van der Waals surface area (Å²) in [6.45, 7) is 3.93. The number of nitrogens with zero attached hydrogens (tertiary/aromatic N) is 4. The van der Waals surface area contributed by atoms with E-state index >= 15 is 0 Å². The normalized spacial score (nSPS) is 23.1. The second-order valence-electron chi connectivity index (χ2n) is 8.51. The van der Waals surface area contributed by atoms with E-state index in [9.17, 15) is 4.79 Å². The van der Waals surface area contributed by atoms with Gasteiger partial charge in [0, 0.05) is 42.2 Å². The van der Waals surface area contributed by atoms with Gasteiger partial charge < -0.3 is 4.90 Å². The lowest BCUT2D eigenvalue weighted by molar-refractivity contribution is -0.136. The zero-order valence-corrected chi connectivity index (χ0v) is 16.3. The van der Waals surface area contributed by atoms with Crippen LogP contribution in [0.3, 0.4) is 0 Å². The van der Waals surface area contributed by atoms with Gasteiger partial charge in [0.05, 0.1) is 17.9 Å². The SMILES string of the molecule is CC1CC(Cn2ncc3cc(-c4cn[nH]c4)ccc32)CN1C(=O)C1CCCC1. The van der Waals surface area contributed by atoms with E-state index in [1.165, 1.54) is 12.8 Å². The fourth-order valence-corrected chi connectivity index (χ4v) is 5.05. The van der Waals surface area contributed by atoms with Crippen molar-refractivity contribution in [3.05, 3.63) is 36.8 Å². The molecule has 2 aliphatic rings. The first-order chi connectivity index (χ1) is 13.7. The van der Waals surface area contributed by atoms with Crippen LogP contribution in [0.25, 0.3) is 22.0 Å². The lowest BCUT2D eigenvalue weighted by atomic mass is 10.1. The van der Waals surface area contributed by atoms with E-state index < -0.39 is 0 Å². The highest BCUT2D eigenvalue weighted by atomic mass is 16.2. The second-order valence-corrected chi connectivity index (χ2v) is 8.51. The summed E-state index contributed by atoms with van der Waals surface area (Å²) in [7, 11) is 0. The summed E-state index contributed by atoms with van der Waals surface area (Å²) in [5.41, 5.74) is 3.38. The summed E-state index contributed by atoms with van der Waals surface area (Å²) >= 11 is 0. The van der Waals surface area contributed by atoms with E-state index in [1.807, 2.05) is 18.6 Å². The number of aromatic nitrogens is 4. The fraction of sp³-hybridized carbons (Fsp3) is 0.500. The predicted molar refractivity (Wildman–Crippen MR) is 109 cm³/mol. The molecule has 146 valence electrons. The van der Waals surface area contributed by atoms with Crippen LogP contribution in [0.4, 0.5) is 0 Å². The topological polar surface area (TPSA) is 66.8 Å². The Bertz CT molecular complexity index is 970. The highest BCUT2D eigenvalue weighted by molar-refractivity contribution is 5.84. The monoisotopic (exact) mass is 377 g/mol. The van der Waals surface area contributed by atoms with Gasteiger partial charge in [-0.15, -0.1) is 0 Å². The molecule has 5 rings (SSSR count). The minimum Gasteiger partial charge on any atom is -0.339 e. The summed E-state index contributed by atoms with van der Waals surface area (Å²) < 4.78 is 2.11. The molecule has 2 fully saturated rings. The van der Waals surface area contributed by atoms with Gasteiger partial charge in [-0.05, 0) is 49.8 Å². The predicted octanol–water partition coefficient (Wildman–Crippen LogP) is 3.85. The van der Waals surface area contributed by atoms with Crippen LogP contribution in [0.15, 0.2) is 36.8 Å². The zero-order valence-electron chi connectivity index (χ0n) is 16.3. The first kappa shape index (κ1) is 17.5. The summed E-state index contributed by atoms with van der Waals surface area (Å²) in [4.78, 5) is 15.0. The standard InChI is InChI=1S/C22H27N5O/c1-15-8-16(13-26(15)22(28)17-4-2-3-5-17)14-27-21-7-6-18(9-19(21)12-25-27)20-10-23-24-11-20/h6-7,9-12,15-17H,2-5,8,13-14H2,1H3,(H,23,24). The van der Waals surface area contributed by atoms with Crippen LogP contribution in [0.2, 0.25) is 0 Å². The van der Waals surface area contributed by atoms with E-state index in [-0.39, 0.29) is 5.92 Å². The third-order valence-corrected chi connectivity index (χ3v) is 6.55. The van der Waals surface area contributed by atoms with E-state index in [0.29, 0.717) is 17.9 Å². The van der Waals surface area contributed by atoms with Gasteiger partial charge in [0.2, 0.25) is 5.91 Å². The molecule has 0 spiro atoms. The molecule has 1 aliphatic heterocycles. The Morgan fingerprint density at radius 1 is 1.21 bits per heavy atom. The molecule has 2 unspecified atom stereocenters. The molecule has 1 amide bonds. The van der Waals surface area contributed by atoms with E-state index in [2.05, 4.69) is 50.0 Å². The minimum atomic E-state index is 0.271. The number of hydrogen-bond donors (Lipinski definition) is 1. The number of amides is 1. The molecule has 3 heterocycles. The Balaban J connectivity index is 1.31. The van der Waals surface area contributed by atoms with E-state index in [1.54, 1.807) is 0 Å². The number of fused-ring (bicyclic) bond motifs is 1. The maximum Gasteiger partial charge on any atom is 0.225 e. The molecule has 6 nitrogen and oxygen atoms in total. The molecule has 1 aliphatic carbocycles. The van der Waals surface area contributed by atoms with Crippen molar-refractivity contribution in [1.29, 1.82) is 0 Å². The second kappa shape index (κ2) is 7.08. The first-order valence-corrected chi connectivity index (χ1v) is 10.4. The van der Waals surface area contributed by atoms with E-state index in [4.69, 9.17) is 0 Å². The number of rotatable bonds is 4. The van der Waals surface area contributed by atoms with Crippen molar-refractivity contribution in [2.75, 3.05) is 6.54 Å². The molecule has 1 saturated carbocycles. The molecule has 1 aromatic carbocycles. The lowest BCUT2D eigenvalue weighted by Gasteiger charge is -2.24.